The van der Waals surface area contributed by atoms with Crippen LogP contribution in [0.5, 0.6) is 11.5 Å². The molecule has 5 heteroatoms. The highest BCUT2D eigenvalue weighted by molar-refractivity contribution is 6.32. The van der Waals surface area contributed by atoms with Crippen molar-refractivity contribution >= 4 is 11.6 Å². The minimum Gasteiger partial charge on any atom is -0.497 e. The number of nitrogens with zero attached hydrogens (tertiary/aromatic N) is 1. The Kier molecular flexibility index (Phi) is 7.96. The third-order valence-corrected chi connectivity index (χ3v) is 4.23. The highest BCUT2D eigenvalue weighted by Gasteiger charge is 2.04. The third kappa shape index (κ3) is 6.08. The SMILES string of the molecule is CCc1cc(CCCCCCCOc2ccc(OC)cc2Cl)on1. The van der Waals surface area contributed by atoms with Gasteiger partial charge in [0.2, 0.25) is 0 Å². The van der Waals surface area contributed by atoms with Gasteiger partial charge in [-0.2, -0.15) is 0 Å². The van der Waals surface area contributed by atoms with E-state index in [1.54, 1.807) is 13.2 Å². The molecule has 2 aromatic rings. The normalized spacial score (nSPS) is 10.8. The standard InChI is InChI=1S/C19H26ClNO3/c1-3-15-13-17(24-21-15)9-7-5-4-6-8-12-23-19-11-10-16(22-2)14-18(19)20/h10-11,13-14H,3-9,12H2,1-2H3. The number of rotatable bonds is 11. The Morgan fingerprint density at radius 1 is 1.08 bits per heavy atom. The Labute approximate surface area is 149 Å². The lowest BCUT2D eigenvalue weighted by Gasteiger charge is -2.09. The number of aryl methyl sites for hydroxylation is 2. The van der Waals surface area contributed by atoms with Gasteiger partial charge in [-0.25, -0.2) is 0 Å². The summed E-state index contributed by atoms with van der Waals surface area (Å²) in [6.07, 6.45) is 7.64. The van der Waals surface area contributed by atoms with E-state index in [-0.39, 0.29) is 0 Å². The molecule has 132 valence electrons. The Balaban J connectivity index is 1.52. The molecule has 0 saturated carbocycles. The van der Waals surface area contributed by atoms with Crippen LogP contribution in [0.4, 0.5) is 0 Å². The number of aromatic nitrogens is 1. The lowest BCUT2D eigenvalue weighted by Crippen LogP contribution is -1.98. The van der Waals surface area contributed by atoms with Crippen LogP contribution in [-0.4, -0.2) is 18.9 Å². The van der Waals surface area contributed by atoms with Crippen LogP contribution >= 0.6 is 11.6 Å². The molecule has 0 aliphatic rings. The first-order chi connectivity index (χ1) is 11.7. The van der Waals surface area contributed by atoms with Crippen molar-refractivity contribution in [2.45, 2.75) is 51.9 Å². The Morgan fingerprint density at radius 3 is 2.58 bits per heavy atom. The van der Waals surface area contributed by atoms with E-state index in [4.69, 9.17) is 25.6 Å². The summed E-state index contributed by atoms with van der Waals surface area (Å²) >= 11 is 6.14. The molecule has 0 aliphatic carbocycles. The summed E-state index contributed by atoms with van der Waals surface area (Å²) in [5.41, 5.74) is 1.04. The molecule has 2 rings (SSSR count). The molecule has 0 fully saturated rings. The molecule has 0 amide bonds. The molecule has 1 aromatic heterocycles. The van der Waals surface area contributed by atoms with Gasteiger partial charge in [0, 0.05) is 18.6 Å². The van der Waals surface area contributed by atoms with Gasteiger partial charge in [0.25, 0.3) is 0 Å². The molecule has 0 radical (unpaired) electrons. The zero-order valence-electron chi connectivity index (χ0n) is 14.5. The van der Waals surface area contributed by atoms with E-state index in [0.717, 1.165) is 55.1 Å². The van der Waals surface area contributed by atoms with Crippen LogP contribution in [0.2, 0.25) is 5.02 Å². The van der Waals surface area contributed by atoms with Crippen LogP contribution in [0.1, 0.15) is 50.5 Å². The van der Waals surface area contributed by atoms with E-state index < -0.39 is 0 Å². The van der Waals surface area contributed by atoms with E-state index in [1.165, 1.54) is 12.8 Å². The van der Waals surface area contributed by atoms with Crippen molar-refractivity contribution in [1.29, 1.82) is 0 Å². The van der Waals surface area contributed by atoms with Gasteiger partial charge in [0.05, 0.1) is 24.4 Å². The summed E-state index contributed by atoms with van der Waals surface area (Å²) in [6, 6.07) is 7.54. The van der Waals surface area contributed by atoms with E-state index in [1.807, 2.05) is 12.1 Å². The van der Waals surface area contributed by atoms with Crippen molar-refractivity contribution in [3.05, 3.63) is 40.7 Å². The molecule has 0 bridgehead atoms. The largest absolute Gasteiger partial charge is 0.497 e. The van der Waals surface area contributed by atoms with Crippen molar-refractivity contribution in [3.8, 4) is 11.5 Å². The topological polar surface area (TPSA) is 44.5 Å². The van der Waals surface area contributed by atoms with Crippen molar-refractivity contribution in [2.75, 3.05) is 13.7 Å². The molecular weight excluding hydrogens is 326 g/mol. The highest BCUT2D eigenvalue weighted by Crippen LogP contribution is 2.28. The summed E-state index contributed by atoms with van der Waals surface area (Å²) < 4.78 is 16.1. The average Bonchev–Trinajstić information content (AvgIpc) is 3.06. The fraction of sp³-hybridized carbons (Fsp3) is 0.526. The maximum absolute atomic E-state index is 6.14. The molecule has 0 aliphatic heterocycles. The van der Waals surface area contributed by atoms with Gasteiger partial charge in [-0.3, -0.25) is 0 Å². The minimum atomic E-state index is 0.591. The van der Waals surface area contributed by atoms with Gasteiger partial charge in [-0.15, -0.1) is 0 Å². The fourth-order valence-electron chi connectivity index (χ4n) is 2.48. The predicted molar refractivity (Wildman–Crippen MR) is 96.2 cm³/mol. The minimum absolute atomic E-state index is 0.591. The maximum atomic E-state index is 6.14. The molecule has 0 spiro atoms. The van der Waals surface area contributed by atoms with Gasteiger partial charge in [-0.1, -0.05) is 42.9 Å². The van der Waals surface area contributed by atoms with Crippen molar-refractivity contribution < 1.29 is 14.0 Å². The van der Waals surface area contributed by atoms with Crippen LogP contribution in [0.15, 0.2) is 28.8 Å². The first-order valence-corrected chi connectivity index (χ1v) is 9.01. The van der Waals surface area contributed by atoms with Gasteiger partial charge >= 0.3 is 0 Å². The number of methoxy groups -OCH3 is 1. The van der Waals surface area contributed by atoms with Crippen LogP contribution < -0.4 is 9.47 Å². The monoisotopic (exact) mass is 351 g/mol. The number of ether oxygens (including phenoxy) is 2. The molecule has 0 saturated heterocycles. The van der Waals surface area contributed by atoms with Crippen molar-refractivity contribution in [2.24, 2.45) is 0 Å². The van der Waals surface area contributed by atoms with Crippen molar-refractivity contribution in [1.82, 2.24) is 5.16 Å². The molecule has 1 heterocycles. The molecule has 24 heavy (non-hydrogen) atoms. The first-order valence-electron chi connectivity index (χ1n) is 8.63. The zero-order chi connectivity index (χ0) is 17.2. The number of benzene rings is 1. The Hall–Kier alpha value is -1.68. The second kappa shape index (κ2) is 10.2. The van der Waals surface area contributed by atoms with E-state index in [9.17, 15) is 0 Å². The predicted octanol–water partition coefficient (Wildman–Crippen LogP) is 5.47. The Bertz CT molecular complexity index is 612. The fourth-order valence-corrected chi connectivity index (χ4v) is 2.70. The van der Waals surface area contributed by atoms with Gasteiger partial charge < -0.3 is 14.0 Å². The summed E-state index contributed by atoms with van der Waals surface area (Å²) in [4.78, 5) is 0. The second-order valence-electron chi connectivity index (χ2n) is 5.80. The van der Waals surface area contributed by atoms with Gasteiger partial charge in [-0.05, 0) is 31.4 Å². The van der Waals surface area contributed by atoms with Gasteiger partial charge in [0.1, 0.15) is 17.3 Å². The van der Waals surface area contributed by atoms with E-state index in [0.29, 0.717) is 11.6 Å². The number of unbranched alkanes of at least 4 members (excludes halogenated alkanes) is 4. The van der Waals surface area contributed by atoms with Crippen LogP contribution in [0, 0.1) is 0 Å². The molecule has 0 atom stereocenters. The van der Waals surface area contributed by atoms with E-state index >= 15 is 0 Å². The first kappa shape index (κ1) is 18.7. The average molecular weight is 352 g/mol. The zero-order valence-corrected chi connectivity index (χ0v) is 15.3. The molecule has 0 unspecified atom stereocenters. The van der Waals surface area contributed by atoms with Crippen LogP contribution in [0.3, 0.4) is 0 Å². The lowest BCUT2D eigenvalue weighted by molar-refractivity contribution is 0.303. The number of halogens is 1. The molecule has 0 N–H and O–H groups in total. The lowest BCUT2D eigenvalue weighted by atomic mass is 10.1. The van der Waals surface area contributed by atoms with Crippen LogP contribution in [0.25, 0.3) is 0 Å². The smallest absolute Gasteiger partial charge is 0.138 e. The highest BCUT2D eigenvalue weighted by atomic mass is 35.5. The van der Waals surface area contributed by atoms with Crippen molar-refractivity contribution in [3.63, 3.8) is 0 Å². The quantitative estimate of drug-likeness (QED) is 0.503. The van der Waals surface area contributed by atoms with Crippen LogP contribution in [-0.2, 0) is 12.8 Å². The Morgan fingerprint density at radius 2 is 1.88 bits per heavy atom. The summed E-state index contributed by atoms with van der Waals surface area (Å²) in [5.74, 6) is 2.46. The molecule has 4 nitrogen and oxygen atoms in total. The maximum Gasteiger partial charge on any atom is 0.138 e. The van der Waals surface area contributed by atoms with Gasteiger partial charge in [0.15, 0.2) is 0 Å². The summed E-state index contributed by atoms with van der Waals surface area (Å²) in [7, 11) is 1.62. The molecular formula is C19H26ClNO3. The molecule has 1 aromatic carbocycles. The number of hydrogen-bond donors (Lipinski definition) is 0. The summed E-state index contributed by atoms with van der Waals surface area (Å²) in [5, 5.41) is 4.60. The van der Waals surface area contributed by atoms with E-state index in [2.05, 4.69) is 18.1 Å². The third-order valence-electron chi connectivity index (χ3n) is 3.93. The number of hydrogen-bond acceptors (Lipinski definition) is 4. The second-order valence-corrected chi connectivity index (χ2v) is 6.21. The summed E-state index contributed by atoms with van der Waals surface area (Å²) in [6.45, 7) is 2.77.